The molecule has 1 spiro atoms. The van der Waals surface area contributed by atoms with Crippen molar-refractivity contribution in [1.82, 2.24) is 4.90 Å². The van der Waals surface area contributed by atoms with Gasteiger partial charge in [0, 0.05) is 16.6 Å². The molecule has 0 radical (unpaired) electrons. The van der Waals surface area contributed by atoms with Gasteiger partial charge in [-0.25, -0.2) is 0 Å². The van der Waals surface area contributed by atoms with Gasteiger partial charge in [0.1, 0.15) is 17.5 Å². The van der Waals surface area contributed by atoms with Gasteiger partial charge in [0.15, 0.2) is 0 Å². The summed E-state index contributed by atoms with van der Waals surface area (Å²) in [5, 5.41) is 16.4. The molecule has 3 amide bonds. The zero-order valence-electron chi connectivity index (χ0n) is 24.0. The fourth-order valence-electron chi connectivity index (χ4n) is 6.82. The molecule has 41 heavy (non-hydrogen) atoms. The summed E-state index contributed by atoms with van der Waals surface area (Å²) in [5.41, 5.74) is 1.22. The maximum absolute atomic E-state index is 14.3. The van der Waals surface area contributed by atoms with Crippen LogP contribution in [0.1, 0.15) is 40.0 Å². The van der Waals surface area contributed by atoms with E-state index in [1.807, 2.05) is 20.8 Å². The molecule has 2 aromatic rings. The SMILES string of the molecule is CCOc1ccc(NC(=O)[C@@H]2[C@@H]3CCC4(S3)C(C(=O)Nc3ccc(OC)cc3)N([C@@H](CO)CC(C)C)C(=O)[C@H]24)cc1. The van der Waals surface area contributed by atoms with Gasteiger partial charge in [-0.1, -0.05) is 13.8 Å². The van der Waals surface area contributed by atoms with Gasteiger partial charge in [0.2, 0.25) is 17.7 Å². The van der Waals surface area contributed by atoms with Gasteiger partial charge in [0.05, 0.1) is 42.9 Å². The van der Waals surface area contributed by atoms with Gasteiger partial charge in [-0.15, -0.1) is 11.8 Å². The highest BCUT2D eigenvalue weighted by molar-refractivity contribution is 8.02. The Kier molecular flexibility index (Phi) is 8.52. The molecule has 3 fully saturated rings. The predicted octanol–water partition coefficient (Wildman–Crippen LogP) is 4.17. The monoisotopic (exact) mass is 581 g/mol. The minimum absolute atomic E-state index is 0.0669. The summed E-state index contributed by atoms with van der Waals surface area (Å²) in [6.07, 6.45) is 1.95. The number of aliphatic hydroxyl groups excluding tert-OH is 1. The number of benzene rings is 2. The number of amides is 3. The summed E-state index contributed by atoms with van der Waals surface area (Å²) >= 11 is 1.61. The third kappa shape index (κ3) is 5.39. The Morgan fingerprint density at radius 2 is 1.66 bits per heavy atom. The summed E-state index contributed by atoms with van der Waals surface area (Å²) in [5.74, 6) is -0.377. The van der Waals surface area contributed by atoms with Crippen LogP contribution in [0.25, 0.3) is 0 Å². The van der Waals surface area contributed by atoms with Crippen molar-refractivity contribution in [2.45, 2.75) is 62.1 Å². The number of nitrogens with one attached hydrogen (secondary N) is 2. The highest BCUT2D eigenvalue weighted by atomic mass is 32.2. The molecule has 3 heterocycles. The summed E-state index contributed by atoms with van der Waals surface area (Å²) < 4.78 is 10.00. The van der Waals surface area contributed by atoms with Crippen molar-refractivity contribution in [3.8, 4) is 11.5 Å². The van der Waals surface area contributed by atoms with Crippen molar-refractivity contribution in [2.24, 2.45) is 17.8 Å². The normalized spacial score (nSPS) is 27.1. The summed E-state index contributed by atoms with van der Waals surface area (Å²) in [4.78, 5) is 43.7. The molecular formula is C31H39N3O6S. The maximum Gasteiger partial charge on any atom is 0.248 e. The fraction of sp³-hybridized carbons (Fsp3) is 0.516. The Morgan fingerprint density at radius 1 is 1.05 bits per heavy atom. The lowest BCUT2D eigenvalue weighted by atomic mass is 9.70. The number of methoxy groups -OCH3 is 1. The first-order chi connectivity index (χ1) is 19.7. The predicted molar refractivity (Wildman–Crippen MR) is 159 cm³/mol. The van der Waals surface area contributed by atoms with E-state index in [1.54, 1.807) is 72.3 Å². The van der Waals surface area contributed by atoms with Crippen LogP contribution in [0.2, 0.25) is 0 Å². The first kappa shape index (κ1) is 29.3. The number of carbonyl (C=O) groups excluding carboxylic acids is 3. The second-order valence-corrected chi connectivity index (χ2v) is 13.0. The Morgan fingerprint density at radius 3 is 2.22 bits per heavy atom. The number of hydrogen-bond acceptors (Lipinski definition) is 7. The van der Waals surface area contributed by atoms with Crippen LogP contribution in [-0.4, -0.2) is 70.1 Å². The molecule has 10 heteroatoms. The number of likely N-dealkylation sites (tertiary alicyclic amines) is 1. The standard InChI is InChI=1S/C31H39N3O6S/c1-5-40-23-12-8-19(9-13-23)32-28(36)25-24-14-15-31(41-24)26(25)30(38)34(21(17-35)16-18(2)3)27(31)29(37)33-20-6-10-22(39-4)11-7-20/h6-13,18,21,24-27,35H,5,14-17H2,1-4H3,(H,32,36)(H,33,37)/t21-,24+,25-,26+,27?,31?/m1/s1. The number of carbonyl (C=O) groups is 3. The molecular weight excluding hydrogens is 542 g/mol. The molecule has 2 aromatic carbocycles. The second kappa shape index (κ2) is 11.9. The molecule has 0 saturated carbocycles. The van der Waals surface area contributed by atoms with Gasteiger partial charge < -0.3 is 30.1 Å². The number of ether oxygens (including phenoxy) is 2. The van der Waals surface area contributed by atoms with Crippen molar-refractivity contribution in [3.05, 3.63) is 48.5 Å². The van der Waals surface area contributed by atoms with Crippen molar-refractivity contribution in [1.29, 1.82) is 0 Å². The van der Waals surface area contributed by atoms with Gasteiger partial charge in [-0.05, 0) is 80.6 Å². The lowest BCUT2D eigenvalue weighted by molar-refractivity contribution is -0.141. The third-order valence-electron chi connectivity index (χ3n) is 8.43. The fourth-order valence-corrected chi connectivity index (χ4v) is 9.02. The van der Waals surface area contributed by atoms with Crippen molar-refractivity contribution in [2.75, 3.05) is 31.0 Å². The second-order valence-electron chi connectivity index (χ2n) is 11.4. The molecule has 0 aliphatic carbocycles. The highest BCUT2D eigenvalue weighted by Crippen LogP contribution is 2.66. The van der Waals surface area contributed by atoms with Crippen LogP contribution in [0, 0.1) is 17.8 Å². The quantitative estimate of drug-likeness (QED) is 0.365. The number of aliphatic hydroxyl groups is 1. The van der Waals surface area contributed by atoms with Gasteiger partial charge in [0.25, 0.3) is 0 Å². The van der Waals surface area contributed by atoms with E-state index in [2.05, 4.69) is 10.6 Å². The van der Waals surface area contributed by atoms with Crippen molar-refractivity contribution < 1.29 is 29.0 Å². The van der Waals surface area contributed by atoms with E-state index < -0.39 is 28.7 Å². The van der Waals surface area contributed by atoms with Crippen LogP contribution in [-0.2, 0) is 14.4 Å². The molecule has 3 N–H and O–H groups in total. The van der Waals surface area contributed by atoms with Crippen molar-refractivity contribution >= 4 is 40.9 Å². The Labute approximate surface area is 245 Å². The van der Waals surface area contributed by atoms with E-state index in [4.69, 9.17) is 9.47 Å². The Bertz CT molecular complexity index is 1270. The zero-order valence-corrected chi connectivity index (χ0v) is 24.8. The molecule has 3 aliphatic heterocycles. The van der Waals surface area contributed by atoms with Crippen LogP contribution < -0.4 is 20.1 Å². The highest BCUT2D eigenvalue weighted by Gasteiger charge is 2.74. The smallest absolute Gasteiger partial charge is 0.248 e. The Balaban J connectivity index is 1.45. The summed E-state index contributed by atoms with van der Waals surface area (Å²) in [6, 6.07) is 12.9. The number of fused-ring (bicyclic) bond motifs is 1. The van der Waals surface area contributed by atoms with E-state index in [0.717, 1.165) is 6.42 Å². The molecule has 220 valence electrons. The number of hydrogen-bond donors (Lipinski definition) is 3. The molecule has 9 nitrogen and oxygen atoms in total. The molecule has 3 aliphatic rings. The van der Waals surface area contributed by atoms with Crippen molar-refractivity contribution in [3.63, 3.8) is 0 Å². The summed E-state index contributed by atoms with van der Waals surface area (Å²) in [6.45, 7) is 6.27. The van der Waals surface area contributed by atoms with Gasteiger partial charge in [-0.2, -0.15) is 0 Å². The molecule has 0 aromatic heterocycles. The molecule has 6 atom stereocenters. The van der Waals surface area contributed by atoms with E-state index in [1.165, 1.54) is 0 Å². The first-order valence-corrected chi connectivity index (χ1v) is 15.2. The van der Waals surface area contributed by atoms with E-state index in [-0.39, 0.29) is 35.5 Å². The Hall–Kier alpha value is -3.24. The van der Waals surface area contributed by atoms with Crippen LogP contribution >= 0.6 is 11.8 Å². The van der Waals surface area contributed by atoms with E-state index in [9.17, 15) is 19.5 Å². The van der Waals surface area contributed by atoms with E-state index in [0.29, 0.717) is 42.3 Å². The molecule has 2 bridgehead atoms. The number of nitrogens with zero attached hydrogens (tertiary/aromatic N) is 1. The zero-order chi connectivity index (χ0) is 29.3. The van der Waals surface area contributed by atoms with Crippen LogP contribution in [0.3, 0.4) is 0 Å². The van der Waals surface area contributed by atoms with E-state index >= 15 is 0 Å². The van der Waals surface area contributed by atoms with Crippen LogP contribution in [0.5, 0.6) is 11.5 Å². The average Bonchev–Trinajstić information content (AvgIpc) is 3.60. The number of anilines is 2. The minimum Gasteiger partial charge on any atom is -0.497 e. The number of thioether (sulfide) groups is 1. The van der Waals surface area contributed by atoms with Crippen LogP contribution in [0.15, 0.2) is 48.5 Å². The minimum atomic E-state index is -0.809. The van der Waals surface area contributed by atoms with Gasteiger partial charge in [-0.3, -0.25) is 14.4 Å². The average molecular weight is 582 g/mol. The largest absolute Gasteiger partial charge is 0.497 e. The first-order valence-electron chi connectivity index (χ1n) is 14.3. The molecule has 5 rings (SSSR count). The van der Waals surface area contributed by atoms with Crippen LogP contribution in [0.4, 0.5) is 11.4 Å². The lowest BCUT2D eigenvalue weighted by Crippen LogP contribution is -2.55. The molecule has 2 unspecified atom stereocenters. The lowest BCUT2D eigenvalue weighted by Gasteiger charge is -2.37. The third-order valence-corrected chi connectivity index (χ3v) is 10.4. The topological polar surface area (TPSA) is 117 Å². The summed E-state index contributed by atoms with van der Waals surface area (Å²) in [7, 11) is 1.58. The molecule has 3 saturated heterocycles. The maximum atomic E-state index is 14.3. The van der Waals surface area contributed by atoms with Gasteiger partial charge >= 0.3 is 0 Å². The number of rotatable bonds is 11.